The molecule has 17 heavy (non-hydrogen) atoms. The van der Waals surface area contributed by atoms with E-state index in [1.807, 2.05) is 0 Å². The largest absolute Gasteiger partial charge is 0.379 e. The van der Waals surface area contributed by atoms with Crippen molar-refractivity contribution >= 4 is 11.7 Å². The average molecular weight is 240 g/mol. The summed E-state index contributed by atoms with van der Waals surface area (Å²) in [5.74, 6) is 0.244. The molecule has 96 valence electrons. The zero-order chi connectivity index (χ0) is 12.1. The van der Waals surface area contributed by atoms with Gasteiger partial charge in [0.15, 0.2) is 0 Å². The van der Waals surface area contributed by atoms with Gasteiger partial charge in [-0.3, -0.25) is 14.5 Å². The smallest absolute Gasteiger partial charge is 0.220 e. The lowest BCUT2D eigenvalue weighted by Crippen LogP contribution is -2.39. The Morgan fingerprint density at radius 2 is 2.00 bits per heavy atom. The Kier molecular flexibility index (Phi) is 4.50. The van der Waals surface area contributed by atoms with E-state index in [0.29, 0.717) is 19.4 Å². The van der Waals surface area contributed by atoms with Gasteiger partial charge in [0.1, 0.15) is 5.78 Å². The maximum Gasteiger partial charge on any atom is 0.220 e. The summed E-state index contributed by atoms with van der Waals surface area (Å²) in [4.78, 5) is 25.3. The van der Waals surface area contributed by atoms with Gasteiger partial charge in [-0.25, -0.2) is 0 Å². The van der Waals surface area contributed by atoms with E-state index in [0.717, 1.165) is 39.3 Å². The number of hydrogen-bond acceptors (Lipinski definition) is 4. The third-order valence-corrected chi connectivity index (χ3v) is 3.50. The summed E-state index contributed by atoms with van der Waals surface area (Å²) in [6, 6.07) is 0. The number of Topliss-reactive ketones (excluding diaryl/α,β-unsaturated/α-hetero) is 1. The molecule has 1 N–H and O–H groups in total. The molecule has 5 nitrogen and oxygen atoms in total. The van der Waals surface area contributed by atoms with Gasteiger partial charge in [-0.05, 0) is 13.0 Å². The number of nitrogens with one attached hydrogen (secondary N) is 1. The van der Waals surface area contributed by atoms with Crippen LogP contribution in [-0.4, -0.2) is 56.0 Å². The van der Waals surface area contributed by atoms with E-state index >= 15 is 0 Å². The van der Waals surface area contributed by atoms with E-state index in [-0.39, 0.29) is 17.6 Å². The summed E-state index contributed by atoms with van der Waals surface area (Å²) in [5.41, 5.74) is 0. The van der Waals surface area contributed by atoms with Crippen molar-refractivity contribution in [3.05, 3.63) is 0 Å². The van der Waals surface area contributed by atoms with Crippen LogP contribution in [0, 0.1) is 5.92 Å². The van der Waals surface area contributed by atoms with E-state index in [9.17, 15) is 9.59 Å². The quantitative estimate of drug-likeness (QED) is 0.742. The second-order valence-electron chi connectivity index (χ2n) is 4.71. The lowest BCUT2D eigenvalue weighted by molar-refractivity contribution is -0.124. The summed E-state index contributed by atoms with van der Waals surface area (Å²) < 4.78 is 5.28. The normalized spacial score (nSPS) is 27.6. The number of carbonyl (C=O) groups is 2. The van der Waals surface area contributed by atoms with Crippen LogP contribution in [0.1, 0.15) is 19.3 Å². The van der Waals surface area contributed by atoms with E-state index in [2.05, 4.69) is 10.2 Å². The molecule has 2 rings (SSSR count). The fraction of sp³-hybridized carbons (Fsp3) is 0.833. The number of nitrogens with zero attached hydrogens (tertiary/aromatic N) is 1. The molecule has 2 fully saturated rings. The van der Waals surface area contributed by atoms with E-state index < -0.39 is 0 Å². The first-order valence-electron chi connectivity index (χ1n) is 6.35. The van der Waals surface area contributed by atoms with Crippen molar-refractivity contribution in [2.45, 2.75) is 19.3 Å². The van der Waals surface area contributed by atoms with Crippen molar-refractivity contribution in [1.82, 2.24) is 10.2 Å². The number of ketones is 1. The minimum atomic E-state index is 0.00398. The summed E-state index contributed by atoms with van der Waals surface area (Å²) in [7, 11) is 0. The van der Waals surface area contributed by atoms with Crippen LogP contribution in [0.2, 0.25) is 0 Å². The van der Waals surface area contributed by atoms with Gasteiger partial charge < -0.3 is 10.1 Å². The first-order chi connectivity index (χ1) is 8.25. The van der Waals surface area contributed by atoms with Crippen LogP contribution >= 0.6 is 0 Å². The van der Waals surface area contributed by atoms with Crippen molar-refractivity contribution < 1.29 is 14.3 Å². The minimum Gasteiger partial charge on any atom is -0.379 e. The number of ether oxygens (including phenoxy) is 1. The Hall–Kier alpha value is -0.940. The van der Waals surface area contributed by atoms with Crippen molar-refractivity contribution in [2.75, 3.05) is 39.4 Å². The maximum absolute atomic E-state index is 11.8. The Morgan fingerprint density at radius 3 is 2.76 bits per heavy atom. The second kappa shape index (κ2) is 6.12. The Balaban J connectivity index is 1.76. The first kappa shape index (κ1) is 12.5. The number of amides is 1. The van der Waals surface area contributed by atoms with E-state index in [1.165, 1.54) is 0 Å². The lowest BCUT2D eigenvalue weighted by atomic mass is 9.98. The predicted octanol–water partition coefficient (Wildman–Crippen LogP) is -0.196. The molecule has 5 heteroatoms. The summed E-state index contributed by atoms with van der Waals surface area (Å²) in [6.07, 6.45) is 1.60. The lowest BCUT2D eigenvalue weighted by Gasteiger charge is -2.27. The van der Waals surface area contributed by atoms with Gasteiger partial charge in [-0.2, -0.15) is 0 Å². The highest BCUT2D eigenvalue weighted by molar-refractivity contribution is 5.88. The highest BCUT2D eigenvalue weighted by atomic mass is 16.5. The van der Waals surface area contributed by atoms with Crippen LogP contribution in [-0.2, 0) is 14.3 Å². The Labute approximate surface area is 101 Å². The topological polar surface area (TPSA) is 58.6 Å². The van der Waals surface area contributed by atoms with Crippen LogP contribution in [0.15, 0.2) is 0 Å². The molecule has 0 aromatic heterocycles. The zero-order valence-electron chi connectivity index (χ0n) is 10.1. The molecule has 0 aliphatic carbocycles. The van der Waals surface area contributed by atoms with Crippen LogP contribution in [0.3, 0.4) is 0 Å². The van der Waals surface area contributed by atoms with Crippen molar-refractivity contribution in [1.29, 1.82) is 0 Å². The molecule has 0 aromatic carbocycles. The first-order valence-corrected chi connectivity index (χ1v) is 6.35. The van der Waals surface area contributed by atoms with E-state index in [4.69, 9.17) is 4.74 Å². The minimum absolute atomic E-state index is 0.00398. The van der Waals surface area contributed by atoms with Crippen molar-refractivity contribution in [2.24, 2.45) is 5.92 Å². The second-order valence-corrected chi connectivity index (χ2v) is 4.71. The number of carbonyl (C=O) groups excluding carboxylic acids is 2. The van der Waals surface area contributed by atoms with Crippen LogP contribution < -0.4 is 5.32 Å². The fourth-order valence-electron chi connectivity index (χ4n) is 2.31. The van der Waals surface area contributed by atoms with Gasteiger partial charge >= 0.3 is 0 Å². The van der Waals surface area contributed by atoms with Gasteiger partial charge in [0.25, 0.3) is 0 Å². The van der Waals surface area contributed by atoms with E-state index in [1.54, 1.807) is 0 Å². The fourth-order valence-corrected chi connectivity index (χ4v) is 2.31. The van der Waals surface area contributed by atoms with Gasteiger partial charge in [-0.1, -0.05) is 0 Å². The Bertz CT molecular complexity index is 287. The highest BCUT2D eigenvalue weighted by Gasteiger charge is 2.24. The molecule has 1 amide bonds. The van der Waals surface area contributed by atoms with Crippen molar-refractivity contribution in [3.63, 3.8) is 0 Å². The molecule has 2 aliphatic heterocycles. The average Bonchev–Trinajstić information content (AvgIpc) is 2.52. The number of morpholine rings is 1. The molecule has 1 unspecified atom stereocenters. The molecule has 0 saturated carbocycles. The summed E-state index contributed by atoms with van der Waals surface area (Å²) in [6.45, 7) is 4.92. The summed E-state index contributed by atoms with van der Waals surface area (Å²) >= 11 is 0. The Morgan fingerprint density at radius 1 is 1.24 bits per heavy atom. The molecular weight excluding hydrogens is 220 g/mol. The summed E-state index contributed by atoms with van der Waals surface area (Å²) in [5, 5.41) is 2.81. The molecule has 2 aliphatic rings. The molecule has 0 radical (unpaired) electrons. The van der Waals surface area contributed by atoms with Crippen LogP contribution in [0.5, 0.6) is 0 Å². The maximum atomic E-state index is 11.8. The molecular formula is C12H20N2O3. The highest BCUT2D eigenvalue weighted by Crippen LogP contribution is 2.13. The van der Waals surface area contributed by atoms with Gasteiger partial charge in [0.2, 0.25) is 5.91 Å². The molecule has 1 atom stereocenters. The van der Waals surface area contributed by atoms with Gasteiger partial charge in [0.05, 0.1) is 13.2 Å². The monoisotopic (exact) mass is 240 g/mol. The molecule has 0 spiro atoms. The standard InChI is InChI=1S/C12H20N2O3/c15-11-1-2-12(16)13-9-10(11)3-4-14-5-7-17-8-6-14/h10H,1-9H2,(H,13,16). The molecule has 2 heterocycles. The molecule has 2 saturated heterocycles. The number of rotatable bonds is 3. The van der Waals surface area contributed by atoms with Crippen LogP contribution in [0.4, 0.5) is 0 Å². The third kappa shape index (κ3) is 3.78. The van der Waals surface area contributed by atoms with Crippen molar-refractivity contribution in [3.8, 4) is 0 Å². The van der Waals surface area contributed by atoms with Gasteiger partial charge in [-0.15, -0.1) is 0 Å². The molecule has 0 aromatic rings. The van der Waals surface area contributed by atoms with Crippen LogP contribution in [0.25, 0.3) is 0 Å². The predicted molar refractivity (Wildman–Crippen MR) is 62.6 cm³/mol. The van der Waals surface area contributed by atoms with Gasteiger partial charge in [0, 0.05) is 38.4 Å². The SMILES string of the molecule is O=C1CCC(=O)C(CCN2CCOCC2)CN1. The zero-order valence-corrected chi connectivity index (χ0v) is 10.1. The molecule has 0 bridgehead atoms. The number of hydrogen-bond donors (Lipinski definition) is 1. The third-order valence-electron chi connectivity index (χ3n) is 3.50.